The van der Waals surface area contributed by atoms with E-state index in [2.05, 4.69) is 23.0 Å². The van der Waals surface area contributed by atoms with Crippen LogP contribution in [0.4, 0.5) is 4.39 Å². The van der Waals surface area contributed by atoms with Crippen LogP contribution in [0.1, 0.15) is 47.4 Å². The van der Waals surface area contributed by atoms with Gasteiger partial charge in [0.15, 0.2) is 6.61 Å². The van der Waals surface area contributed by atoms with Crippen molar-refractivity contribution in [2.45, 2.75) is 42.3 Å². The number of carbonyl (C=O) groups excluding carboxylic acids is 1. The summed E-state index contributed by atoms with van der Waals surface area (Å²) in [6.07, 6.45) is 4.02. The molecule has 1 amide bonds. The van der Waals surface area contributed by atoms with Crippen molar-refractivity contribution in [2.24, 2.45) is 0 Å². The van der Waals surface area contributed by atoms with Gasteiger partial charge >= 0.3 is 0 Å². The normalized spacial score (nSPS) is 21.2. The zero-order valence-corrected chi connectivity index (χ0v) is 20.6. The van der Waals surface area contributed by atoms with Crippen LogP contribution in [0.5, 0.6) is 5.75 Å². The Morgan fingerprint density at radius 1 is 1.12 bits per heavy atom. The molecule has 0 aliphatic carbocycles. The molecule has 0 aromatic heterocycles. The first-order chi connectivity index (χ1) is 16.1. The van der Waals surface area contributed by atoms with Crippen LogP contribution in [-0.2, 0) is 4.79 Å². The van der Waals surface area contributed by atoms with Crippen molar-refractivity contribution < 1.29 is 13.9 Å². The summed E-state index contributed by atoms with van der Waals surface area (Å²) in [6.45, 7) is 0.730. The van der Waals surface area contributed by atoms with Crippen LogP contribution < -0.4 is 15.6 Å². The van der Waals surface area contributed by atoms with E-state index in [1.54, 1.807) is 17.0 Å². The van der Waals surface area contributed by atoms with Crippen LogP contribution in [0.2, 0.25) is 0 Å². The minimum absolute atomic E-state index is 0.0207. The molecular formula is C25H32FN3O2S2. The first-order valence-electron chi connectivity index (χ1n) is 11.5. The van der Waals surface area contributed by atoms with Gasteiger partial charge in [0.1, 0.15) is 11.6 Å². The van der Waals surface area contributed by atoms with Crippen molar-refractivity contribution in [3.63, 3.8) is 0 Å². The third-order valence-electron chi connectivity index (χ3n) is 6.05. The summed E-state index contributed by atoms with van der Waals surface area (Å²) >= 11 is 4.00. The number of carbonyl (C=O) groups is 1. The minimum atomic E-state index is -0.210. The summed E-state index contributed by atoms with van der Waals surface area (Å²) in [5.41, 5.74) is 8.83. The van der Waals surface area contributed by atoms with Gasteiger partial charge in [-0.05, 0) is 72.6 Å². The predicted octanol–water partition coefficient (Wildman–Crippen LogP) is 4.92. The van der Waals surface area contributed by atoms with Gasteiger partial charge in [-0.2, -0.15) is 0 Å². The third-order valence-corrected chi connectivity index (χ3v) is 9.06. The topological polar surface area (TPSA) is 53.6 Å². The van der Waals surface area contributed by atoms with E-state index in [9.17, 15) is 9.18 Å². The first-order valence-corrected chi connectivity index (χ1v) is 13.6. The van der Waals surface area contributed by atoms with Gasteiger partial charge in [-0.3, -0.25) is 15.6 Å². The van der Waals surface area contributed by atoms with Gasteiger partial charge in [-0.25, -0.2) is 4.39 Å². The molecule has 2 aliphatic rings. The summed E-state index contributed by atoms with van der Waals surface area (Å²) in [6, 6.07) is 15.3. The number of likely N-dealkylation sites (N-methyl/N-ethyl adjacent to an activating group) is 1. The van der Waals surface area contributed by atoms with Crippen molar-refractivity contribution in [1.82, 2.24) is 15.8 Å². The molecule has 8 heteroatoms. The van der Waals surface area contributed by atoms with Crippen LogP contribution in [-0.4, -0.2) is 48.6 Å². The number of thioether (sulfide) groups is 2. The van der Waals surface area contributed by atoms with Crippen LogP contribution in [0, 0.1) is 5.82 Å². The van der Waals surface area contributed by atoms with Gasteiger partial charge in [0.05, 0.1) is 4.58 Å². The van der Waals surface area contributed by atoms with Crippen LogP contribution in [0.3, 0.4) is 0 Å². The standard InChI is InChI=1S/C25H32FN3O2S2/c1-29(12-3-7-21-16-23(28-27-21)19-5-2-6-20(26)15-19)24(30)17-31-22-10-8-18(9-11-22)25-32-13-4-14-33-25/h2,5-6,8-11,15,21,23,25,27-28H,3-4,7,12-14,16-17H2,1H3. The number of hydrogen-bond donors (Lipinski definition) is 2. The number of ether oxygens (including phenoxy) is 1. The van der Waals surface area contributed by atoms with E-state index in [0.717, 1.165) is 30.6 Å². The predicted molar refractivity (Wildman–Crippen MR) is 135 cm³/mol. The molecule has 2 aromatic rings. The van der Waals surface area contributed by atoms with Gasteiger partial charge in [-0.15, -0.1) is 23.5 Å². The van der Waals surface area contributed by atoms with Gasteiger partial charge < -0.3 is 9.64 Å². The fourth-order valence-electron chi connectivity index (χ4n) is 4.11. The van der Waals surface area contributed by atoms with Crippen molar-refractivity contribution in [3.05, 3.63) is 65.5 Å². The molecule has 2 fully saturated rings. The van der Waals surface area contributed by atoms with Gasteiger partial charge in [0, 0.05) is 25.7 Å². The van der Waals surface area contributed by atoms with Crippen LogP contribution >= 0.6 is 23.5 Å². The molecule has 2 aromatic carbocycles. The molecule has 2 atom stereocenters. The molecule has 0 radical (unpaired) electrons. The first kappa shape index (κ1) is 24.4. The molecule has 5 nitrogen and oxygen atoms in total. The van der Waals surface area contributed by atoms with E-state index in [1.807, 2.05) is 48.8 Å². The SMILES string of the molecule is CN(CCCC1CC(c2cccc(F)c2)NN1)C(=O)COc1ccc(C2SCCCS2)cc1. The lowest BCUT2D eigenvalue weighted by Crippen LogP contribution is -2.34. The molecule has 0 saturated carbocycles. The molecule has 2 N–H and O–H groups in total. The lowest BCUT2D eigenvalue weighted by molar-refractivity contribution is -0.132. The average molecular weight is 490 g/mol. The summed E-state index contributed by atoms with van der Waals surface area (Å²) in [7, 11) is 1.82. The number of benzene rings is 2. The fourth-order valence-corrected chi connectivity index (χ4v) is 7.00. The monoisotopic (exact) mass is 489 g/mol. The summed E-state index contributed by atoms with van der Waals surface area (Å²) in [5.74, 6) is 2.94. The maximum atomic E-state index is 13.5. The Hall–Kier alpha value is -1.74. The Morgan fingerprint density at radius 2 is 1.91 bits per heavy atom. The number of hydrogen-bond acceptors (Lipinski definition) is 6. The van der Waals surface area contributed by atoms with Crippen molar-refractivity contribution in [1.29, 1.82) is 0 Å². The molecule has 178 valence electrons. The van der Waals surface area contributed by atoms with Crippen molar-refractivity contribution in [2.75, 3.05) is 31.7 Å². The van der Waals surface area contributed by atoms with E-state index in [-0.39, 0.29) is 24.4 Å². The van der Waals surface area contributed by atoms with E-state index in [4.69, 9.17) is 4.74 Å². The Labute approximate surface area is 204 Å². The molecular weight excluding hydrogens is 457 g/mol. The third kappa shape index (κ3) is 7.12. The summed E-state index contributed by atoms with van der Waals surface area (Å²) in [5, 5.41) is 0. The van der Waals surface area contributed by atoms with Gasteiger partial charge in [-0.1, -0.05) is 24.3 Å². The highest BCUT2D eigenvalue weighted by Crippen LogP contribution is 2.43. The van der Waals surface area contributed by atoms with E-state index >= 15 is 0 Å². The quantitative estimate of drug-likeness (QED) is 0.522. The summed E-state index contributed by atoms with van der Waals surface area (Å²) in [4.78, 5) is 14.2. The number of hydrazine groups is 1. The second-order valence-electron chi connectivity index (χ2n) is 8.57. The molecule has 4 rings (SSSR count). The lowest BCUT2D eigenvalue weighted by Gasteiger charge is -2.21. The van der Waals surface area contributed by atoms with Crippen LogP contribution in [0.15, 0.2) is 48.5 Å². The highest BCUT2D eigenvalue weighted by molar-refractivity contribution is 8.16. The highest BCUT2D eigenvalue weighted by atomic mass is 32.2. The van der Waals surface area contributed by atoms with Crippen LogP contribution in [0.25, 0.3) is 0 Å². The maximum absolute atomic E-state index is 13.5. The van der Waals surface area contributed by atoms with E-state index < -0.39 is 0 Å². The Balaban J connectivity index is 1.14. The molecule has 0 spiro atoms. The zero-order chi connectivity index (χ0) is 23.0. The Bertz CT molecular complexity index is 909. The molecule has 2 heterocycles. The van der Waals surface area contributed by atoms with Gasteiger partial charge in [0.2, 0.25) is 0 Å². The molecule has 2 unspecified atom stereocenters. The Kier molecular flexibility index (Phi) is 8.95. The molecule has 2 aliphatic heterocycles. The van der Waals surface area contributed by atoms with Gasteiger partial charge in [0.25, 0.3) is 5.91 Å². The number of halogens is 1. The average Bonchev–Trinajstić information content (AvgIpc) is 3.32. The highest BCUT2D eigenvalue weighted by Gasteiger charge is 2.25. The lowest BCUT2D eigenvalue weighted by atomic mass is 9.99. The second kappa shape index (κ2) is 12.1. The minimum Gasteiger partial charge on any atom is -0.484 e. The largest absolute Gasteiger partial charge is 0.484 e. The van der Waals surface area contributed by atoms with E-state index in [0.29, 0.717) is 17.2 Å². The maximum Gasteiger partial charge on any atom is 0.260 e. The van der Waals surface area contributed by atoms with Crippen molar-refractivity contribution in [3.8, 4) is 5.75 Å². The molecule has 33 heavy (non-hydrogen) atoms. The summed E-state index contributed by atoms with van der Waals surface area (Å²) < 4.78 is 19.7. The Morgan fingerprint density at radius 3 is 2.67 bits per heavy atom. The molecule has 0 bridgehead atoms. The smallest absolute Gasteiger partial charge is 0.260 e. The zero-order valence-electron chi connectivity index (χ0n) is 19.0. The molecule has 2 saturated heterocycles. The van der Waals surface area contributed by atoms with Crippen molar-refractivity contribution >= 4 is 29.4 Å². The number of nitrogens with zero attached hydrogens (tertiary/aromatic N) is 1. The van der Waals surface area contributed by atoms with E-state index in [1.165, 1.54) is 29.6 Å². The second-order valence-corrected chi connectivity index (χ2v) is 11.3. The fraction of sp³-hybridized carbons (Fsp3) is 0.480. The number of rotatable bonds is 9. The number of nitrogens with one attached hydrogen (secondary N) is 2. The number of amides is 1.